The number of carbonyl (C=O) groups excluding carboxylic acids is 1. The molecule has 0 aliphatic carbocycles. The van der Waals surface area contributed by atoms with Crippen molar-refractivity contribution in [2.75, 3.05) is 13.1 Å². The predicted octanol–water partition coefficient (Wildman–Crippen LogP) is 0.843. The van der Waals surface area contributed by atoms with Crippen LogP contribution in [0.4, 0.5) is 5.69 Å². The first-order chi connectivity index (χ1) is 8.72. The van der Waals surface area contributed by atoms with E-state index in [1.165, 1.54) is 0 Å². The van der Waals surface area contributed by atoms with E-state index in [0.717, 1.165) is 12.1 Å². The summed E-state index contributed by atoms with van der Waals surface area (Å²) in [5.74, 6) is 0.429. The van der Waals surface area contributed by atoms with Crippen LogP contribution in [0, 0.1) is 0 Å². The lowest BCUT2D eigenvalue weighted by Crippen LogP contribution is -2.58. The number of nitrogens with zero attached hydrogens (tertiary/aromatic N) is 2. The van der Waals surface area contributed by atoms with Crippen LogP contribution in [-0.2, 0) is 4.79 Å². The smallest absolute Gasteiger partial charge is 0.242 e. The number of amides is 1. The van der Waals surface area contributed by atoms with Crippen LogP contribution in [0.15, 0.2) is 35.3 Å². The van der Waals surface area contributed by atoms with Crippen LogP contribution in [0.2, 0.25) is 0 Å². The Balaban J connectivity index is 2.19. The molecule has 1 aliphatic heterocycles. The van der Waals surface area contributed by atoms with Crippen LogP contribution >= 0.6 is 0 Å². The molecule has 1 amide bonds. The van der Waals surface area contributed by atoms with Gasteiger partial charge in [0.25, 0.3) is 0 Å². The van der Waals surface area contributed by atoms with E-state index in [1.54, 1.807) is 0 Å². The maximum atomic E-state index is 11.7. The van der Waals surface area contributed by atoms with Crippen LogP contribution < -0.4 is 11.1 Å². The molecule has 5 heteroatoms. The Kier molecular flexibility index (Phi) is 3.82. The molecule has 1 fully saturated rings. The first-order valence-corrected chi connectivity index (χ1v) is 6.16. The Morgan fingerprint density at radius 1 is 1.50 bits per heavy atom. The van der Waals surface area contributed by atoms with Gasteiger partial charge in [0.15, 0.2) is 5.96 Å². The normalized spacial score (nSPS) is 20.7. The number of para-hydroxylation sites is 1. The summed E-state index contributed by atoms with van der Waals surface area (Å²) < 4.78 is 0. The molecule has 0 spiro atoms. The first kappa shape index (κ1) is 12.4. The van der Waals surface area contributed by atoms with Gasteiger partial charge in [0, 0.05) is 13.1 Å². The third-order valence-electron chi connectivity index (χ3n) is 3.01. The van der Waals surface area contributed by atoms with Gasteiger partial charge in [-0.15, -0.1) is 0 Å². The minimum atomic E-state index is -0.216. The van der Waals surface area contributed by atoms with Crippen molar-refractivity contribution >= 4 is 17.6 Å². The molecule has 0 bridgehead atoms. The van der Waals surface area contributed by atoms with E-state index in [4.69, 9.17) is 5.73 Å². The standard InChI is InChI=1S/C13H18N4O/c1-2-11-12(18)15-8-9-17(11)13(14)16-10-6-4-3-5-7-10/h3-7,11H,2,8-9H2,1H3,(H2,14,16)(H,15,18). The van der Waals surface area contributed by atoms with Crippen molar-refractivity contribution in [1.29, 1.82) is 0 Å². The molecule has 18 heavy (non-hydrogen) atoms. The highest BCUT2D eigenvalue weighted by atomic mass is 16.2. The molecule has 2 rings (SSSR count). The van der Waals surface area contributed by atoms with E-state index < -0.39 is 0 Å². The zero-order chi connectivity index (χ0) is 13.0. The largest absolute Gasteiger partial charge is 0.369 e. The molecular weight excluding hydrogens is 228 g/mol. The summed E-state index contributed by atoms with van der Waals surface area (Å²) in [6, 6.07) is 9.30. The van der Waals surface area contributed by atoms with Crippen LogP contribution in [0.3, 0.4) is 0 Å². The van der Waals surface area contributed by atoms with Gasteiger partial charge in [-0.25, -0.2) is 4.99 Å². The van der Waals surface area contributed by atoms with Crippen molar-refractivity contribution in [2.45, 2.75) is 19.4 Å². The maximum absolute atomic E-state index is 11.7. The summed E-state index contributed by atoms with van der Waals surface area (Å²) in [7, 11) is 0. The Morgan fingerprint density at radius 2 is 2.22 bits per heavy atom. The summed E-state index contributed by atoms with van der Waals surface area (Å²) in [5.41, 5.74) is 6.81. The number of carbonyl (C=O) groups is 1. The van der Waals surface area contributed by atoms with Gasteiger partial charge in [-0.3, -0.25) is 4.79 Å². The summed E-state index contributed by atoms with van der Waals surface area (Å²) >= 11 is 0. The molecule has 96 valence electrons. The van der Waals surface area contributed by atoms with Crippen LogP contribution in [0.25, 0.3) is 0 Å². The molecule has 1 unspecified atom stereocenters. The molecule has 5 nitrogen and oxygen atoms in total. The van der Waals surface area contributed by atoms with Crippen LogP contribution in [0.1, 0.15) is 13.3 Å². The fourth-order valence-electron chi connectivity index (χ4n) is 2.09. The van der Waals surface area contributed by atoms with E-state index in [1.807, 2.05) is 42.2 Å². The molecule has 0 radical (unpaired) electrons. The predicted molar refractivity (Wildman–Crippen MR) is 71.5 cm³/mol. The number of piperazine rings is 1. The average molecular weight is 246 g/mol. The highest BCUT2D eigenvalue weighted by molar-refractivity contribution is 5.90. The number of hydrogen-bond donors (Lipinski definition) is 2. The summed E-state index contributed by atoms with van der Waals surface area (Å²) in [6.07, 6.45) is 0.719. The van der Waals surface area contributed by atoms with E-state index in [2.05, 4.69) is 10.3 Å². The lowest BCUT2D eigenvalue weighted by atomic mass is 10.1. The van der Waals surface area contributed by atoms with Crippen LogP contribution in [-0.4, -0.2) is 35.9 Å². The topological polar surface area (TPSA) is 70.7 Å². The van der Waals surface area contributed by atoms with E-state index >= 15 is 0 Å². The Bertz CT molecular complexity index is 444. The van der Waals surface area contributed by atoms with Gasteiger partial charge in [0.05, 0.1) is 5.69 Å². The minimum absolute atomic E-state index is 0.0231. The Hall–Kier alpha value is -2.04. The Labute approximate surface area is 107 Å². The van der Waals surface area contributed by atoms with Gasteiger partial charge in [0.1, 0.15) is 6.04 Å². The van der Waals surface area contributed by atoms with Crippen LogP contribution in [0.5, 0.6) is 0 Å². The average Bonchev–Trinajstić information content (AvgIpc) is 2.39. The van der Waals surface area contributed by atoms with Crippen molar-refractivity contribution in [3.63, 3.8) is 0 Å². The highest BCUT2D eigenvalue weighted by Crippen LogP contribution is 2.13. The van der Waals surface area contributed by atoms with Gasteiger partial charge < -0.3 is 16.0 Å². The lowest BCUT2D eigenvalue weighted by molar-refractivity contribution is -0.127. The molecular formula is C13H18N4O. The molecule has 1 saturated heterocycles. The van der Waals surface area contributed by atoms with Crippen molar-refractivity contribution in [1.82, 2.24) is 10.2 Å². The molecule has 1 aliphatic rings. The molecule has 0 saturated carbocycles. The molecule has 1 aromatic rings. The zero-order valence-corrected chi connectivity index (χ0v) is 10.5. The Morgan fingerprint density at radius 3 is 2.89 bits per heavy atom. The van der Waals surface area contributed by atoms with Gasteiger partial charge in [-0.1, -0.05) is 25.1 Å². The first-order valence-electron chi connectivity index (χ1n) is 6.16. The second kappa shape index (κ2) is 5.53. The second-order valence-corrected chi connectivity index (χ2v) is 4.21. The summed E-state index contributed by atoms with van der Waals surface area (Å²) in [4.78, 5) is 18.0. The summed E-state index contributed by atoms with van der Waals surface area (Å²) in [6.45, 7) is 3.28. The van der Waals surface area contributed by atoms with Gasteiger partial charge >= 0.3 is 0 Å². The monoisotopic (exact) mass is 246 g/mol. The highest BCUT2D eigenvalue weighted by Gasteiger charge is 2.29. The summed E-state index contributed by atoms with van der Waals surface area (Å²) in [5, 5.41) is 2.84. The molecule has 1 aromatic carbocycles. The number of nitrogens with two attached hydrogens (primary N) is 1. The number of guanidine groups is 1. The van der Waals surface area contributed by atoms with Gasteiger partial charge in [-0.05, 0) is 18.6 Å². The number of aliphatic imine (C=N–C) groups is 1. The number of nitrogens with one attached hydrogen (secondary N) is 1. The molecule has 1 atom stereocenters. The third kappa shape index (κ3) is 2.61. The van der Waals surface area contributed by atoms with Crippen molar-refractivity contribution in [3.8, 4) is 0 Å². The van der Waals surface area contributed by atoms with Crippen molar-refractivity contribution in [2.24, 2.45) is 10.7 Å². The van der Waals surface area contributed by atoms with Gasteiger partial charge in [0.2, 0.25) is 5.91 Å². The van der Waals surface area contributed by atoms with Crippen molar-refractivity contribution in [3.05, 3.63) is 30.3 Å². The minimum Gasteiger partial charge on any atom is -0.369 e. The second-order valence-electron chi connectivity index (χ2n) is 4.21. The SMILES string of the molecule is CCC1C(=O)NCCN1C(N)=Nc1ccccc1. The maximum Gasteiger partial charge on any atom is 0.242 e. The quantitative estimate of drug-likeness (QED) is 0.600. The van der Waals surface area contributed by atoms with Gasteiger partial charge in [-0.2, -0.15) is 0 Å². The molecule has 0 aromatic heterocycles. The fraction of sp³-hybridized carbons (Fsp3) is 0.385. The van der Waals surface area contributed by atoms with Crippen molar-refractivity contribution < 1.29 is 4.79 Å². The number of rotatable bonds is 2. The molecule has 3 N–H and O–H groups in total. The zero-order valence-electron chi connectivity index (χ0n) is 10.5. The number of hydrogen-bond acceptors (Lipinski definition) is 2. The molecule has 1 heterocycles. The van der Waals surface area contributed by atoms with E-state index in [0.29, 0.717) is 19.0 Å². The lowest BCUT2D eigenvalue weighted by Gasteiger charge is -2.35. The van der Waals surface area contributed by atoms with E-state index in [9.17, 15) is 4.79 Å². The number of benzene rings is 1. The van der Waals surface area contributed by atoms with E-state index in [-0.39, 0.29) is 11.9 Å². The fourth-order valence-corrected chi connectivity index (χ4v) is 2.09. The third-order valence-corrected chi connectivity index (χ3v) is 3.01.